The highest BCUT2D eigenvalue weighted by Gasteiger charge is 2.26. The molecule has 0 bridgehead atoms. The van der Waals surface area contributed by atoms with E-state index in [0.717, 1.165) is 18.7 Å². The fourth-order valence-electron chi connectivity index (χ4n) is 1.92. The molecule has 0 spiro atoms. The molecule has 1 heterocycles. The Kier molecular flexibility index (Phi) is 3.99. The van der Waals surface area contributed by atoms with Gasteiger partial charge in [-0.15, -0.1) is 0 Å². The summed E-state index contributed by atoms with van der Waals surface area (Å²) in [5.41, 5.74) is 0.821. The monoisotopic (exact) mass is 254 g/mol. The van der Waals surface area contributed by atoms with E-state index in [1.165, 1.54) is 0 Å². The van der Waals surface area contributed by atoms with Crippen LogP contribution in [0.1, 0.15) is 6.42 Å². The normalized spacial score (nSPS) is 21.4. The van der Waals surface area contributed by atoms with Gasteiger partial charge in [0, 0.05) is 17.3 Å². The van der Waals surface area contributed by atoms with Gasteiger partial charge in [-0.25, -0.2) is 0 Å². The number of hydrogen-bond acceptors (Lipinski definition) is 3. The van der Waals surface area contributed by atoms with Crippen molar-refractivity contribution in [1.29, 1.82) is 0 Å². The van der Waals surface area contributed by atoms with Crippen LogP contribution in [0.2, 0.25) is 5.02 Å². The number of benzene rings is 1. The first kappa shape index (κ1) is 12.4. The van der Waals surface area contributed by atoms with Crippen LogP contribution in [0.3, 0.4) is 0 Å². The topological polar surface area (TPSA) is 52.6 Å². The molecule has 1 unspecified atom stereocenters. The van der Waals surface area contributed by atoms with Crippen molar-refractivity contribution in [3.63, 3.8) is 0 Å². The Hall–Kier alpha value is -1.10. The summed E-state index contributed by atoms with van der Waals surface area (Å²) in [6.07, 6.45) is 0.866. The van der Waals surface area contributed by atoms with E-state index in [1.54, 1.807) is 17.0 Å². The number of carbonyl (C=O) groups excluding carboxylic acids is 1. The van der Waals surface area contributed by atoms with Gasteiger partial charge in [-0.1, -0.05) is 11.6 Å². The molecule has 1 atom stereocenters. The van der Waals surface area contributed by atoms with Crippen molar-refractivity contribution in [2.75, 3.05) is 24.6 Å². The van der Waals surface area contributed by atoms with Gasteiger partial charge in [0.25, 0.3) is 0 Å². The molecule has 0 radical (unpaired) electrons. The SMILES string of the molecule is O=C1C(CO)NCCCN1c1ccc(Cl)cc1. The number of amides is 1. The third-order valence-electron chi connectivity index (χ3n) is 2.83. The van der Waals surface area contributed by atoms with Gasteiger partial charge in [0.2, 0.25) is 5.91 Å². The molecule has 2 rings (SSSR count). The molecular formula is C12H15ClN2O2. The summed E-state index contributed by atoms with van der Waals surface area (Å²) in [4.78, 5) is 13.8. The predicted octanol–water partition coefficient (Wildman–Crippen LogP) is 1.03. The predicted molar refractivity (Wildman–Crippen MR) is 67.3 cm³/mol. The number of aliphatic hydroxyl groups excluding tert-OH is 1. The number of aliphatic hydroxyl groups is 1. The van der Waals surface area contributed by atoms with Crippen molar-refractivity contribution < 1.29 is 9.90 Å². The molecule has 4 nitrogen and oxygen atoms in total. The molecule has 1 aromatic rings. The van der Waals surface area contributed by atoms with Gasteiger partial charge < -0.3 is 15.3 Å². The van der Waals surface area contributed by atoms with Crippen molar-refractivity contribution in [2.24, 2.45) is 0 Å². The summed E-state index contributed by atoms with van der Waals surface area (Å²) in [7, 11) is 0. The summed E-state index contributed by atoms with van der Waals surface area (Å²) in [6, 6.07) is 6.65. The van der Waals surface area contributed by atoms with Crippen LogP contribution in [0, 0.1) is 0 Å². The lowest BCUT2D eigenvalue weighted by atomic mass is 10.2. The molecule has 1 amide bonds. The molecular weight excluding hydrogens is 240 g/mol. The van der Waals surface area contributed by atoms with E-state index in [2.05, 4.69) is 5.32 Å². The summed E-state index contributed by atoms with van der Waals surface area (Å²) in [5, 5.41) is 12.8. The molecule has 2 N–H and O–H groups in total. The minimum atomic E-state index is -0.506. The van der Waals surface area contributed by atoms with Crippen molar-refractivity contribution in [3.05, 3.63) is 29.3 Å². The quantitative estimate of drug-likeness (QED) is 0.829. The molecule has 5 heteroatoms. The van der Waals surface area contributed by atoms with Gasteiger partial charge in [0.1, 0.15) is 6.04 Å². The largest absolute Gasteiger partial charge is 0.394 e. The van der Waals surface area contributed by atoms with E-state index in [1.807, 2.05) is 12.1 Å². The number of anilines is 1. The summed E-state index contributed by atoms with van der Waals surface area (Å²) in [5.74, 6) is -0.0904. The van der Waals surface area contributed by atoms with Crippen LogP contribution in [0.25, 0.3) is 0 Å². The third kappa shape index (κ3) is 2.77. The first-order chi connectivity index (χ1) is 8.22. The average molecular weight is 255 g/mol. The summed E-state index contributed by atoms with van der Waals surface area (Å²) in [6.45, 7) is 1.22. The number of hydrogen-bond donors (Lipinski definition) is 2. The highest BCUT2D eigenvalue weighted by Crippen LogP contribution is 2.20. The Labute approximate surface area is 105 Å². The van der Waals surface area contributed by atoms with E-state index >= 15 is 0 Å². The van der Waals surface area contributed by atoms with E-state index in [4.69, 9.17) is 16.7 Å². The maximum atomic E-state index is 12.1. The van der Waals surface area contributed by atoms with Crippen LogP contribution >= 0.6 is 11.6 Å². The Morgan fingerprint density at radius 3 is 2.76 bits per heavy atom. The highest BCUT2D eigenvalue weighted by atomic mass is 35.5. The smallest absolute Gasteiger partial charge is 0.246 e. The molecule has 1 aliphatic heterocycles. The lowest BCUT2D eigenvalue weighted by Crippen LogP contribution is -2.45. The van der Waals surface area contributed by atoms with Crippen LogP contribution < -0.4 is 10.2 Å². The fourth-order valence-corrected chi connectivity index (χ4v) is 2.05. The zero-order chi connectivity index (χ0) is 12.3. The Balaban J connectivity index is 2.23. The summed E-state index contributed by atoms with van der Waals surface area (Å²) < 4.78 is 0. The number of nitrogens with zero attached hydrogens (tertiary/aromatic N) is 1. The fraction of sp³-hybridized carbons (Fsp3) is 0.417. The van der Waals surface area contributed by atoms with Gasteiger partial charge in [-0.05, 0) is 37.2 Å². The molecule has 0 aliphatic carbocycles. The van der Waals surface area contributed by atoms with Crippen LogP contribution in [0.5, 0.6) is 0 Å². The second kappa shape index (κ2) is 5.49. The number of halogens is 1. The maximum Gasteiger partial charge on any atom is 0.246 e. The van der Waals surface area contributed by atoms with Crippen LogP contribution in [-0.2, 0) is 4.79 Å². The second-order valence-corrected chi connectivity index (χ2v) is 4.45. The molecule has 1 aliphatic rings. The molecule has 0 aromatic heterocycles. The van der Waals surface area contributed by atoms with Crippen molar-refractivity contribution >= 4 is 23.2 Å². The molecule has 1 aromatic carbocycles. The van der Waals surface area contributed by atoms with Gasteiger partial charge in [-0.2, -0.15) is 0 Å². The van der Waals surface area contributed by atoms with Crippen LogP contribution in [0.15, 0.2) is 24.3 Å². The van der Waals surface area contributed by atoms with Crippen molar-refractivity contribution in [3.8, 4) is 0 Å². The third-order valence-corrected chi connectivity index (χ3v) is 3.09. The Morgan fingerprint density at radius 1 is 1.41 bits per heavy atom. The molecule has 17 heavy (non-hydrogen) atoms. The van der Waals surface area contributed by atoms with E-state index < -0.39 is 6.04 Å². The molecule has 1 fully saturated rings. The minimum Gasteiger partial charge on any atom is -0.394 e. The van der Waals surface area contributed by atoms with Crippen LogP contribution in [0.4, 0.5) is 5.69 Å². The standard InChI is InChI=1S/C12H15ClN2O2/c13-9-2-4-10(5-3-9)15-7-1-6-14-11(8-16)12(15)17/h2-5,11,14,16H,1,6-8H2. The van der Waals surface area contributed by atoms with Gasteiger partial charge in [0.15, 0.2) is 0 Å². The molecule has 1 saturated heterocycles. The minimum absolute atomic E-state index is 0.0904. The molecule has 92 valence electrons. The van der Waals surface area contributed by atoms with Crippen molar-refractivity contribution in [2.45, 2.75) is 12.5 Å². The maximum absolute atomic E-state index is 12.1. The summed E-state index contributed by atoms with van der Waals surface area (Å²) >= 11 is 5.82. The second-order valence-electron chi connectivity index (χ2n) is 4.01. The number of carbonyl (C=O) groups is 1. The lowest BCUT2D eigenvalue weighted by molar-refractivity contribution is -0.121. The zero-order valence-corrected chi connectivity index (χ0v) is 10.2. The number of rotatable bonds is 2. The number of nitrogens with one attached hydrogen (secondary N) is 1. The lowest BCUT2D eigenvalue weighted by Gasteiger charge is -2.23. The van der Waals surface area contributed by atoms with E-state index in [0.29, 0.717) is 11.6 Å². The van der Waals surface area contributed by atoms with Crippen molar-refractivity contribution in [1.82, 2.24) is 5.32 Å². The Bertz CT molecular complexity index is 394. The Morgan fingerprint density at radius 2 is 2.12 bits per heavy atom. The highest BCUT2D eigenvalue weighted by molar-refractivity contribution is 6.30. The van der Waals surface area contributed by atoms with E-state index in [-0.39, 0.29) is 12.5 Å². The van der Waals surface area contributed by atoms with E-state index in [9.17, 15) is 4.79 Å². The average Bonchev–Trinajstić information content (AvgIpc) is 2.52. The van der Waals surface area contributed by atoms with Gasteiger partial charge >= 0.3 is 0 Å². The first-order valence-corrected chi connectivity index (χ1v) is 6.01. The zero-order valence-electron chi connectivity index (χ0n) is 9.40. The van der Waals surface area contributed by atoms with Gasteiger partial charge in [0.05, 0.1) is 6.61 Å². The molecule has 0 saturated carbocycles. The van der Waals surface area contributed by atoms with Gasteiger partial charge in [-0.3, -0.25) is 4.79 Å². The van der Waals surface area contributed by atoms with Crippen LogP contribution in [-0.4, -0.2) is 36.8 Å². The first-order valence-electron chi connectivity index (χ1n) is 5.63.